The Labute approximate surface area is 94.7 Å². The van der Waals surface area contributed by atoms with Crippen LogP contribution < -0.4 is 0 Å². The summed E-state index contributed by atoms with van der Waals surface area (Å²) >= 11 is 0. The molecule has 0 aromatic carbocycles. The largest absolute Gasteiger partial charge is 0.481 e. The van der Waals surface area contributed by atoms with Crippen molar-refractivity contribution < 1.29 is 15.0 Å². The third-order valence-corrected chi connectivity index (χ3v) is 2.78. The zero-order chi connectivity index (χ0) is 12.3. The minimum atomic E-state index is -0.797. The summed E-state index contributed by atoms with van der Waals surface area (Å²) in [6.07, 6.45) is 0.485. The SMILES string of the molecule is Cc1nn(CCO)c(C)c1CC(C)C(=O)O. The second kappa shape index (κ2) is 5.12. The van der Waals surface area contributed by atoms with Crippen LogP contribution in [0, 0.1) is 19.8 Å². The Balaban J connectivity index is 2.91. The number of aliphatic hydroxyl groups is 1. The Morgan fingerprint density at radius 2 is 2.12 bits per heavy atom. The van der Waals surface area contributed by atoms with Crippen LogP contribution >= 0.6 is 0 Å². The van der Waals surface area contributed by atoms with Crippen molar-refractivity contribution in [2.75, 3.05) is 6.61 Å². The van der Waals surface area contributed by atoms with Crippen molar-refractivity contribution in [2.24, 2.45) is 5.92 Å². The van der Waals surface area contributed by atoms with E-state index in [1.807, 2.05) is 13.8 Å². The van der Waals surface area contributed by atoms with Gasteiger partial charge in [-0.05, 0) is 25.8 Å². The molecule has 5 heteroatoms. The van der Waals surface area contributed by atoms with Crippen LogP contribution in [0.25, 0.3) is 0 Å². The van der Waals surface area contributed by atoms with Gasteiger partial charge in [-0.15, -0.1) is 0 Å². The number of carboxylic acid groups (broad SMARTS) is 1. The smallest absolute Gasteiger partial charge is 0.306 e. The molecule has 0 aliphatic carbocycles. The monoisotopic (exact) mass is 226 g/mol. The number of aromatic nitrogens is 2. The minimum Gasteiger partial charge on any atom is -0.481 e. The number of carbonyl (C=O) groups is 1. The number of hydrogen-bond donors (Lipinski definition) is 2. The summed E-state index contributed by atoms with van der Waals surface area (Å²) in [4.78, 5) is 10.8. The van der Waals surface area contributed by atoms with Gasteiger partial charge in [0.1, 0.15) is 0 Å². The molecule has 1 aromatic rings. The number of hydrogen-bond acceptors (Lipinski definition) is 3. The van der Waals surface area contributed by atoms with Crippen LogP contribution in [0.15, 0.2) is 0 Å². The molecule has 16 heavy (non-hydrogen) atoms. The maximum atomic E-state index is 10.8. The number of nitrogens with zero attached hydrogens (tertiary/aromatic N) is 2. The summed E-state index contributed by atoms with van der Waals surface area (Å²) in [6.45, 7) is 5.94. The topological polar surface area (TPSA) is 75.3 Å². The summed E-state index contributed by atoms with van der Waals surface area (Å²) in [5, 5.41) is 22.0. The van der Waals surface area contributed by atoms with Crippen LogP contribution in [0.3, 0.4) is 0 Å². The van der Waals surface area contributed by atoms with Crippen molar-refractivity contribution in [1.29, 1.82) is 0 Å². The predicted octanol–water partition coefficient (Wildman–Crippen LogP) is 0.755. The van der Waals surface area contributed by atoms with Crippen molar-refractivity contribution in [2.45, 2.75) is 33.7 Å². The van der Waals surface area contributed by atoms with E-state index in [2.05, 4.69) is 5.10 Å². The van der Waals surface area contributed by atoms with Gasteiger partial charge in [0.05, 0.1) is 24.8 Å². The first-order valence-corrected chi connectivity index (χ1v) is 5.34. The van der Waals surface area contributed by atoms with Crippen molar-refractivity contribution in [3.8, 4) is 0 Å². The molecule has 1 atom stereocenters. The Kier molecular flexibility index (Phi) is 4.06. The molecular formula is C11H18N2O3. The highest BCUT2D eigenvalue weighted by Crippen LogP contribution is 2.17. The molecule has 1 unspecified atom stereocenters. The van der Waals surface area contributed by atoms with E-state index in [9.17, 15) is 4.79 Å². The molecule has 2 N–H and O–H groups in total. The highest BCUT2D eigenvalue weighted by molar-refractivity contribution is 5.70. The van der Waals surface area contributed by atoms with Crippen LogP contribution in [0.1, 0.15) is 23.9 Å². The van der Waals surface area contributed by atoms with Crippen LogP contribution in [0.2, 0.25) is 0 Å². The van der Waals surface area contributed by atoms with E-state index in [1.54, 1.807) is 11.6 Å². The molecule has 1 heterocycles. The average molecular weight is 226 g/mol. The van der Waals surface area contributed by atoms with E-state index >= 15 is 0 Å². The molecule has 5 nitrogen and oxygen atoms in total. The molecular weight excluding hydrogens is 208 g/mol. The Bertz CT molecular complexity index is 385. The van der Waals surface area contributed by atoms with Gasteiger partial charge in [-0.25, -0.2) is 0 Å². The second-order valence-electron chi connectivity index (χ2n) is 4.04. The van der Waals surface area contributed by atoms with Gasteiger partial charge >= 0.3 is 5.97 Å². The molecule has 0 fully saturated rings. The first-order chi connectivity index (χ1) is 7.47. The molecule has 0 saturated carbocycles. The van der Waals surface area contributed by atoms with Gasteiger partial charge in [0, 0.05) is 5.69 Å². The van der Waals surface area contributed by atoms with Crippen molar-refractivity contribution in [3.63, 3.8) is 0 Å². The maximum absolute atomic E-state index is 10.8. The summed E-state index contributed by atoms with van der Waals surface area (Å²) in [5.74, 6) is -1.21. The fraction of sp³-hybridized carbons (Fsp3) is 0.636. The third kappa shape index (κ3) is 2.61. The lowest BCUT2D eigenvalue weighted by Gasteiger charge is -2.07. The normalized spacial score (nSPS) is 12.8. The molecule has 0 amide bonds. The van der Waals surface area contributed by atoms with Crippen LogP contribution in [0.5, 0.6) is 0 Å². The van der Waals surface area contributed by atoms with Crippen molar-refractivity contribution in [1.82, 2.24) is 9.78 Å². The predicted molar refractivity (Wildman–Crippen MR) is 59.3 cm³/mol. The van der Waals surface area contributed by atoms with Crippen LogP contribution in [-0.2, 0) is 17.8 Å². The van der Waals surface area contributed by atoms with E-state index in [1.165, 1.54) is 0 Å². The van der Waals surface area contributed by atoms with Crippen molar-refractivity contribution >= 4 is 5.97 Å². The van der Waals surface area contributed by atoms with Gasteiger partial charge in [0.15, 0.2) is 0 Å². The number of carboxylic acids is 1. The lowest BCUT2D eigenvalue weighted by Crippen LogP contribution is -2.13. The zero-order valence-electron chi connectivity index (χ0n) is 9.90. The van der Waals surface area contributed by atoms with E-state index in [0.717, 1.165) is 17.0 Å². The first-order valence-electron chi connectivity index (χ1n) is 5.34. The fourth-order valence-electron chi connectivity index (χ4n) is 1.74. The summed E-state index contributed by atoms with van der Waals surface area (Å²) in [7, 11) is 0. The first kappa shape index (κ1) is 12.7. The van der Waals surface area contributed by atoms with E-state index in [-0.39, 0.29) is 6.61 Å². The second-order valence-corrected chi connectivity index (χ2v) is 4.04. The minimum absolute atomic E-state index is 0.0376. The molecule has 1 aromatic heterocycles. The molecule has 90 valence electrons. The Morgan fingerprint density at radius 3 is 2.62 bits per heavy atom. The molecule has 0 aliphatic rings. The Morgan fingerprint density at radius 1 is 1.50 bits per heavy atom. The zero-order valence-corrected chi connectivity index (χ0v) is 9.90. The lowest BCUT2D eigenvalue weighted by molar-refractivity contribution is -0.141. The number of aliphatic hydroxyl groups excluding tert-OH is 1. The quantitative estimate of drug-likeness (QED) is 0.777. The standard InChI is InChI=1S/C11H18N2O3/c1-7(11(15)16)6-10-8(2)12-13(4-5-14)9(10)3/h7,14H,4-6H2,1-3H3,(H,15,16). The highest BCUT2D eigenvalue weighted by Gasteiger charge is 2.18. The maximum Gasteiger partial charge on any atom is 0.306 e. The summed E-state index contributed by atoms with van der Waals surface area (Å²) in [6, 6.07) is 0. The van der Waals surface area contributed by atoms with Gasteiger partial charge in [-0.2, -0.15) is 5.10 Å². The highest BCUT2D eigenvalue weighted by atomic mass is 16.4. The average Bonchev–Trinajstić information content (AvgIpc) is 2.46. The van der Waals surface area contributed by atoms with Gasteiger partial charge < -0.3 is 10.2 Å². The molecule has 0 spiro atoms. The molecule has 0 bridgehead atoms. The Hall–Kier alpha value is -1.36. The third-order valence-electron chi connectivity index (χ3n) is 2.78. The van der Waals surface area contributed by atoms with E-state index in [0.29, 0.717) is 13.0 Å². The van der Waals surface area contributed by atoms with Gasteiger partial charge in [0.25, 0.3) is 0 Å². The summed E-state index contributed by atoms with van der Waals surface area (Å²) in [5.41, 5.74) is 2.77. The van der Waals surface area contributed by atoms with Crippen molar-refractivity contribution in [3.05, 3.63) is 17.0 Å². The van der Waals surface area contributed by atoms with E-state index < -0.39 is 11.9 Å². The molecule has 1 rings (SSSR count). The fourth-order valence-corrected chi connectivity index (χ4v) is 1.74. The van der Waals surface area contributed by atoms with Gasteiger partial charge in [-0.1, -0.05) is 6.92 Å². The van der Waals surface area contributed by atoms with Crippen LogP contribution in [-0.4, -0.2) is 32.6 Å². The number of rotatable bonds is 5. The number of aryl methyl sites for hydroxylation is 1. The van der Waals surface area contributed by atoms with Gasteiger partial charge in [0.2, 0.25) is 0 Å². The van der Waals surface area contributed by atoms with E-state index in [4.69, 9.17) is 10.2 Å². The summed E-state index contributed by atoms with van der Waals surface area (Å²) < 4.78 is 1.72. The number of aliphatic carboxylic acids is 1. The molecule has 0 radical (unpaired) electrons. The lowest BCUT2D eigenvalue weighted by atomic mass is 10.00. The molecule has 0 aliphatic heterocycles. The van der Waals surface area contributed by atoms with Gasteiger partial charge in [-0.3, -0.25) is 9.48 Å². The molecule has 0 saturated heterocycles. The van der Waals surface area contributed by atoms with Crippen LogP contribution in [0.4, 0.5) is 0 Å².